The van der Waals surface area contributed by atoms with E-state index in [-0.39, 0.29) is 13.2 Å². The molecule has 6 heteroatoms. The molecule has 0 aromatic heterocycles. The van der Waals surface area contributed by atoms with Gasteiger partial charge in [0.2, 0.25) is 0 Å². The number of likely N-dealkylation sites (N-methyl/N-ethyl adjacent to an activating group) is 1. The van der Waals surface area contributed by atoms with Gasteiger partial charge >= 0.3 is 0 Å². The van der Waals surface area contributed by atoms with Gasteiger partial charge in [0.25, 0.3) is 0 Å². The van der Waals surface area contributed by atoms with Crippen molar-refractivity contribution in [1.29, 1.82) is 0 Å². The number of piperazine rings is 1. The van der Waals surface area contributed by atoms with Crippen molar-refractivity contribution in [3.63, 3.8) is 0 Å². The molecule has 0 bridgehead atoms. The fourth-order valence-corrected chi connectivity index (χ4v) is 4.58. The van der Waals surface area contributed by atoms with Gasteiger partial charge in [0.15, 0.2) is 0 Å². The van der Waals surface area contributed by atoms with Crippen LogP contribution in [0, 0.1) is 17.7 Å². The SMILES string of the molecule is CC.COc1ccc(F)c(C2=C3N=C(N(C)CCN4CCNC(C(C)C)C4)C=CCC3C=C2)c1.[HH]. The minimum absolute atomic E-state index is 0. The summed E-state index contributed by atoms with van der Waals surface area (Å²) in [7, 11) is 3.70. The lowest BCUT2D eigenvalue weighted by molar-refractivity contribution is 0.168. The van der Waals surface area contributed by atoms with E-state index in [4.69, 9.17) is 9.73 Å². The lowest BCUT2D eigenvalue weighted by Crippen LogP contribution is -2.54. The number of ether oxygens (including phenoxy) is 1. The number of benzene rings is 1. The number of amidine groups is 1. The fraction of sp³-hybridized carbons (Fsp3) is 0.536. The number of methoxy groups -OCH3 is 1. The Bertz CT molecular complexity index is 956. The molecule has 1 fully saturated rings. The van der Waals surface area contributed by atoms with Gasteiger partial charge in [-0.05, 0) is 36.6 Å². The van der Waals surface area contributed by atoms with Crippen LogP contribution >= 0.6 is 0 Å². The Morgan fingerprint density at radius 2 is 2.09 bits per heavy atom. The first-order valence-corrected chi connectivity index (χ1v) is 12.6. The monoisotopic (exact) mass is 470 g/mol. The van der Waals surface area contributed by atoms with Gasteiger partial charge < -0.3 is 15.0 Å². The highest BCUT2D eigenvalue weighted by molar-refractivity contribution is 5.95. The van der Waals surface area contributed by atoms with Crippen molar-refractivity contribution >= 4 is 11.4 Å². The van der Waals surface area contributed by atoms with Crippen LogP contribution in [0.1, 0.15) is 41.1 Å². The van der Waals surface area contributed by atoms with E-state index >= 15 is 0 Å². The predicted molar refractivity (Wildman–Crippen MR) is 143 cm³/mol. The number of allylic oxidation sites excluding steroid dienone is 4. The number of hydrogen-bond donors (Lipinski definition) is 1. The zero-order valence-electron chi connectivity index (χ0n) is 21.6. The van der Waals surface area contributed by atoms with Crippen molar-refractivity contribution < 1.29 is 10.6 Å². The Morgan fingerprint density at radius 1 is 1.29 bits per heavy atom. The molecule has 2 heterocycles. The molecule has 34 heavy (non-hydrogen) atoms. The average molecular weight is 471 g/mol. The zero-order chi connectivity index (χ0) is 24.7. The molecule has 188 valence electrons. The molecule has 0 spiro atoms. The van der Waals surface area contributed by atoms with Crippen LogP contribution < -0.4 is 10.1 Å². The molecule has 1 aromatic carbocycles. The molecule has 1 aliphatic carbocycles. The van der Waals surface area contributed by atoms with E-state index in [2.05, 4.69) is 54.2 Å². The third kappa shape index (κ3) is 6.16. The Morgan fingerprint density at radius 3 is 2.82 bits per heavy atom. The molecule has 0 saturated carbocycles. The summed E-state index contributed by atoms with van der Waals surface area (Å²) < 4.78 is 20.0. The molecular weight excluding hydrogens is 427 g/mol. The lowest BCUT2D eigenvalue weighted by Gasteiger charge is -2.36. The van der Waals surface area contributed by atoms with Crippen LogP contribution in [0.4, 0.5) is 4.39 Å². The first-order chi connectivity index (χ1) is 16.5. The van der Waals surface area contributed by atoms with Gasteiger partial charge in [0, 0.05) is 64.3 Å². The van der Waals surface area contributed by atoms with Gasteiger partial charge in [0.1, 0.15) is 17.4 Å². The first-order valence-electron chi connectivity index (χ1n) is 12.6. The highest BCUT2D eigenvalue weighted by atomic mass is 19.1. The smallest absolute Gasteiger partial charge is 0.131 e. The first kappa shape index (κ1) is 26.2. The highest BCUT2D eigenvalue weighted by Crippen LogP contribution is 2.38. The molecule has 2 unspecified atom stereocenters. The third-order valence-electron chi connectivity index (χ3n) is 6.71. The van der Waals surface area contributed by atoms with Gasteiger partial charge in [-0.3, -0.25) is 4.90 Å². The van der Waals surface area contributed by atoms with Gasteiger partial charge in [-0.2, -0.15) is 0 Å². The Kier molecular flexibility index (Phi) is 9.48. The summed E-state index contributed by atoms with van der Waals surface area (Å²) >= 11 is 0. The molecular formula is C28H43FN4O. The topological polar surface area (TPSA) is 40.1 Å². The second-order valence-corrected chi connectivity index (χ2v) is 9.25. The van der Waals surface area contributed by atoms with Crippen LogP contribution in [-0.2, 0) is 0 Å². The molecule has 1 saturated heterocycles. The number of rotatable bonds is 6. The average Bonchev–Trinajstić information content (AvgIpc) is 3.13. The molecule has 4 rings (SSSR count). The summed E-state index contributed by atoms with van der Waals surface area (Å²) in [5.41, 5.74) is 2.33. The standard InChI is InChI=1S/C26H35FN4O.C2H6.H2/c1-18(2)24-17-31(13-12-28-24)15-14-30(3)25-7-5-6-19-8-10-21(26(19)29-25)22-16-20(32-4)9-11-23(22)27;1-2;/h5,7-11,16,18-19,24,28H,6,12-15,17H2,1-4H3;1-2H3;1H. The molecule has 1 aromatic rings. The van der Waals surface area contributed by atoms with Crippen molar-refractivity contribution in [3.8, 4) is 5.75 Å². The number of nitrogens with one attached hydrogen (secondary N) is 1. The molecule has 0 radical (unpaired) electrons. The largest absolute Gasteiger partial charge is 0.497 e. The normalized spacial score (nSPS) is 22.2. The van der Waals surface area contributed by atoms with Crippen LogP contribution in [-0.4, -0.2) is 68.6 Å². The summed E-state index contributed by atoms with van der Waals surface area (Å²) in [6.07, 6.45) is 9.29. The Labute approximate surface area is 206 Å². The minimum atomic E-state index is -0.251. The van der Waals surface area contributed by atoms with Crippen molar-refractivity contribution in [2.24, 2.45) is 16.8 Å². The molecule has 2 atom stereocenters. The molecule has 0 amide bonds. The van der Waals surface area contributed by atoms with Crippen molar-refractivity contribution in [1.82, 2.24) is 15.1 Å². The van der Waals surface area contributed by atoms with Crippen LogP contribution in [0.2, 0.25) is 0 Å². The van der Waals surface area contributed by atoms with E-state index in [1.165, 1.54) is 6.07 Å². The van der Waals surface area contributed by atoms with Gasteiger partial charge in [-0.1, -0.05) is 45.9 Å². The van der Waals surface area contributed by atoms with E-state index in [1.54, 1.807) is 19.2 Å². The summed E-state index contributed by atoms with van der Waals surface area (Å²) in [6, 6.07) is 5.43. The van der Waals surface area contributed by atoms with E-state index < -0.39 is 0 Å². The Hall–Kier alpha value is -2.44. The summed E-state index contributed by atoms with van der Waals surface area (Å²) in [5.74, 6) is 2.15. The number of halogens is 1. The zero-order valence-corrected chi connectivity index (χ0v) is 21.6. The van der Waals surface area contributed by atoms with Crippen LogP contribution in [0.15, 0.2) is 53.2 Å². The number of nitrogens with zero attached hydrogens (tertiary/aromatic N) is 3. The molecule has 5 nitrogen and oxygen atoms in total. The maximum atomic E-state index is 14.7. The van der Waals surface area contributed by atoms with Crippen LogP contribution in [0.3, 0.4) is 0 Å². The summed E-state index contributed by atoms with van der Waals surface area (Å²) in [4.78, 5) is 9.79. The van der Waals surface area contributed by atoms with E-state index in [1.807, 2.05) is 19.9 Å². The fourth-order valence-electron chi connectivity index (χ4n) is 4.58. The minimum Gasteiger partial charge on any atom is -0.497 e. The number of aliphatic imine (C=N–C) groups is 1. The maximum absolute atomic E-state index is 14.7. The second kappa shape index (κ2) is 12.3. The summed E-state index contributed by atoms with van der Waals surface area (Å²) in [6.45, 7) is 13.7. The number of fused-ring (bicyclic) bond motifs is 1. The molecule has 2 aliphatic heterocycles. The van der Waals surface area contributed by atoms with Crippen LogP contribution in [0.5, 0.6) is 5.75 Å². The van der Waals surface area contributed by atoms with Crippen LogP contribution in [0.25, 0.3) is 5.57 Å². The number of hydrogen-bond acceptors (Lipinski definition) is 5. The second-order valence-electron chi connectivity index (χ2n) is 9.25. The highest BCUT2D eigenvalue weighted by Gasteiger charge is 2.26. The predicted octanol–water partition coefficient (Wildman–Crippen LogP) is 5.22. The Balaban J connectivity index is 0.00000140. The maximum Gasteiger partial charge on any atom is 0.131 e. The van der Waals surface area contributed by atoms with Gasteiger partial charge in [0.05, 0.1) is 12.8 Å². The molecule has 3 aliphatic rings. The van der Waals surface area contributed by atoms with Crippen molar-refractivity contribution in [2.75, 3.05) is 46.9 Å². The summed E-state index contributed by atoms with van der Waals surface area (Å²) in [5, 5.41) is 3.62. The van der Waals surface area contributed by atoms with Crippen molar-refractivity contribution in [2.45, 2.75) is 40.2 Å². The van der Waals surface area contributed by atoms with E-state index in [0.29, 0.717) is 23.3 Å². The van der Waals surface area contributed by atoms with E-state index in [0.717, 1.165) is 56.3 Å². The molecule has 1 N–H and O–H groups in total. The lowest BCUT2D eigenvalue weighted by atomic mass is 10.0. The van der Waals surface area contributed by atoms with Crippen molar-refractivity contribution in [3.05, 3.63) is 59.6 Å². The van der Waals surface area contributed by atoms with Gasteiger partial charge in [-0.15, -0.1) is 0 Å². The third-order valence-corrected chi connectivity index (χ3v) is 6.71. The van der Waals surface area contributed by atoms with E-state index in [9.17, 15) is 4.39 Å². The van der Waals surface area contributed by atoms with Gasteiger partial charge in [-0.25, -0.2) is 9.38 Å². The quantitative estimate of drug-likeness (QED) is 0.619.